The van der Waals surface area contributed by atoms with Crippen molar-refractivity contribution in [3.8, 4) is 0 Å². The molecule has 1 saturated carbocycles. The van der Waals surface area contributed by atoms with Gasteiger partial charge in [-0.05, 0) is 30.4 Å². The molecule has 0 bridgehead atoms. The fraction of sp³-hybridized carbons (Fsp3) is 0.900. The molecular formula is C10H18O3S. The molecule has 2 unspecified atom stereocenters. The Kier molecular flexibility index (Phi) is 4.75. The summed E-state index contributed by atoms with van der Waals surface area (Å²) in [4.78, 5) is 11.4. The second-order valence-electron chi connectivity index (χ2n) is 3.90. The predicted octanol–water partition coefficient (Wildman–Crippen LogP) is 1.30. The Morgan fingerprint density at radius 3 is 2.71 bits per heavy atom. The van der Waals surface area contributed by atoms with Gasteiger partial charge in [0, 0.05) is 6.61 Å². The highest BCUT2D eigenvalue weighted by atomic mass is 32.2. The van der Waals surface area contributed by atoms with Crippen molar-refractivity contribution in [2.45, 2.75) is 25.0 Å². The number of aliphatic hydroxyl groups excluding tert-OH is 1. The van der Waals surface area contributed by atoms with Crippen molar-refractivity contribution < 1.29 is 14.6 Å². The van der Waals surface area contributed by atoms with Crippen molar-refractivity contribution in [3.63, 3.8) is 0 Å². The molecule has 14 heavy (non-hydrogen) atoms. The van der Waals surface area contributed by atoms with Crippen LogP contribution < -0.4 is 0 Å². The molecule has 0 amide bonds. The molecule has 82 valence electrons. The highest BCUT2D eigenvalue weighted by Crippen LogP contribution is 2.40. The monoisotopic (exact) mass is 218 g/mol. The Bertz CT molecular complexity index is 192. The van der Waals surface area contributed by atoms with Gasteiger partial charge in [0.2, 0.25) is 0 Å². The van der Waals surface area contributed by atoms with Crippen LogP contribution in [0.15, 0.2) is 0 Å². The third-order valence-electron chi connectivity index (χ3n) is 2.36. The fourth-order valence-electron chi connectivity index (χ4n) is 1.23. The number of carbonyl (C=O) groups is 1. The van der Waals surface area contributed by atoms with Gasteiger partial charge in [-0.3, -0.25) is 4.79 Å². The molecule has 3 nitrogen and oxygen atoms in total. The van der Waals surface area contributed by atoms with E-state index in [9.17, 15) is 4.79 Å². The summed E-state index contributed by atoms with van der Waals surface area (Å²) in [5.74, 6) is 1.49. The molecule has 0 aromatic heterocycles. The summed E-state index contributed by atoms with van der Waals surface area (Å²) in [5, 5.41) is 8.86. The zero-order valence-electron chi connectivity index (χ0n) is 8.73. The van der Waals surface area contributed by atoms with Crippen LogP contribution in [0.2, 0.25) is 0 Å². The van der Waals surface area contributed by atoms with Gasteiger partial charge in [0.25, 0.3) is 0 Å². The first kappa shape index (κ1) is 11.9. The van der Waals surface area contributed by atoms with Gasteiger partial charge >= 0.3 is 5.97 Å². The van der Waals surface area contributed by atoms with Crippen molar-refractivity contribution in [3.05, 3.63) is 0 Å². The minimum atomic E-state index is -0.109. The van der Waals surface area contributed by atoms with Gasteiger partial charge in [-0.15, -0.1) is 11.8 Å². The third-order valence-corrected chi connectivity index (χ3v) is 4.05. The maximum atomic E-state index is 11.4. The lowest BCUT2D eigenvalue weighted by molar-refractivity contribution is -0.140. The Balaban J connectivity index is 2.32. The summed E-state index contributed by atoms with van der Waals surface area (Å²) < 4.78 is 4.76. The first-order chi connectivity index (χ1) is 6.69. The lowest BCUT2D eigenvalue weighted by Gasteiger charge is -2.15. The van der Waals surface area contributed by atoms with Crippen LogP contribution in [-0.4, -0.2) is 35.8 Å². The van der Waals surface area contributed by atoms with E-state index >= 15 is 0 Å². The molecule has 1 aliphatic carbocycles. The Morgan fingerprint density at radius 2 is 2.29 bits per heavy atom. The number of carbonyl (C=O) groups excluding carboxylic acids is 1. The van der Waals surface area contributed by atoms with E-state index in [0.29, 0.717) is 5.92 Å². The van der Waals surface area contributed by atoms with Gasteiger partial charge in [0.1, 0.15) is 5.25 Å². The lowest BCUT2D eigenvalue weighted by Crippen LogP contribution is -2.22. The summed E-state index contributed by atoms with van der Waals surface area (Å²) in [6.45, 7) is 2.17. The van der Waals surface area contributed by atoms with E-state index in [1.807, 2.05) is 6.92 Å². The van der Waals surface area contributed by atoms with E-state index in [0.717, 1.165) is 18.6 Å². The summed E-state index contributed by atoms with van der Waals surface area (Å²) >= 11 is 1.62. The van der Waals surface area contributed by atoms with Crippen molar-refractivity contribution in [1.82, 2.24) is 0 Å². The largest absolute Gasteiger partial charge is 0.468 e. The SMILES string of the molecule is COC(=O)C(SCC(C)CO)C1CC1. The van der Waals surface area contributed by atoms with Crippen LogP contribution in [0.3, 0.4) is 0 Å². The summed E-state index contributed by atoms with van der Waals surface area (Å²) in [7, 11) is 1.44. The predicted molar refractivity (Wildman–Crippen MR) is 57.2 cm³/mol. The molecule has 0 aromatic rings. The lowest BCUT2D eigenvalue weighted by atomic mass is 10.2. The second-order valence-corrected chi connectivity index (χ2v) is 5.08. The maximum Gasteiger partial charge on any atom is 0.319 e. The summed E-state index contributed by atoms with van der Waals surface area (Å²) in [5.41, 5.74) is 0. The molecule has 1 N–H and O–H groups in total. The molecule has 2 atom stereocenters. The zero-order chi connectivity index (χ0) is 10.6. The highest BCUT2D eigenvalue weighted by Gasteiger charge is 2.37. The van der Waals surface area contributed by atoms with Gasteiger partial charge in [-0.2, -0.15) is 0 Å². The first-order valence-corrected chi connectivity index (χ1v) is 6.04. The van der Waals surface area contributed by atoms with E-state index in [1.165, 1.54) is 7.11 Å². The van der Waals surface area contributed by atoms with Crippen LogP contribution in [0.4, 0.5) is 0 Å². The van der Waals surface area contributed by atoms with E-state index in [1.54, 1.807) is 11.8 Å². The Hall–Kier alpha value is -0.220. The standard InChI is InChI=1S/C10H18O3S/c1-7(5-11)6-14-9(8-3-4-8)10(12)13-2/h7-9,11H,3-6H2,1-2H3. The van der Waals surface area contributed by atoms with E-state index < -0.39 is 0 Å². The Labute approximate surface area is 89.2 Å². The minimum absolute atomic E-state index is 0.00556. The van der Waals surface area contributed by atoms with Crippen LogP contribution in [0.1, 0.15) is 19.8 Å². The molecule has 1 aliphatic rings. The average molecular weight is 218 g/mol. The third kappa shape index (κ3) is 3.50. The van der Waals surface area contributed by atoms with E-state index in [-0.39, 0.29) is 23.7 Å². The van der Waals surface area contributed by atoms with Gasteiger partial charge in [0.15, 0.2) is 0 Å². The quantitative estimate of drug-likeness (QED) is 0.683. The maximum absolute atomic E-state index is 11.4. The van der Waals surface area contributed by atoms with Crippen molar-refractivity contribution in [2.24, 2.45) is 11.8 Å². The molecule has 0 saturated heterocycles. The van der Waals surface area contributed by atoms with E-state index in [4.69, 9.17) is 9.84 Å². The van der Waals surface area contributed by atoms with Gasteiger partial charge < -0.3 is 9.84 Å². The second kappa shape index (κ2) is 5.61. The minimum Gasteiger partial charge on any atom is -0.468 e. The summed E-state index contributed by atoms with van der Waals surface area (Å²) in [6.07, 6.45) is 2.28. The first-order valence-electron chi connectivity index (χ1n) is 4.99. The van der Waals surface area contributed by atoms with Gasteiger partial charge in [-0.1, -0.05) is 6.92 Å². The number of hydrogen-bond acceptors (Lipinski definition) is 4. The molecule has 1 fully saturated rings. The van der Waals surface area contributed by atoms with Crippen molar-refractivity contribution in [1.29, 1.82) is 0 Å². The number of ether oxygens (including phenoxy) is 1. The van der Waals surface area contributed by atoms with Crippen LogP contribution in [0, 0.1) is 11.8 Å². The molecule has 4 heteroatoms. The topological polar surface area (TPSA) is 46.5 Å². The number of esters is 1. The normalized spacial score (nSPS) is 20.2. The van der Waals surface area contributed by atoms with Crippen LogP contribution >= 0.6 is 11.8 Å². The van der Waals surface area contributed by atoms with Crippen LogP contribution in [0.5, 0.6) is 0 Å². The van der Waals surface area contributed by atoms with Gasteiger partial charge in [0.05, 0.1) is 7.11 Å². The Morgan fingerprint density at radius 1 is 1.64 bits per heavy atom. The van der Waals surface area contributed by atoms with Crippen LogP contribution in [-0.2, 0) is 9.53 Å². The number of thioether (sulfide) groups is 1. The number of aliphatic hydroxyl groups is 1. The summed E-state index contributed by atoms with van der Waals surface area (Å²) in [6, 6.07) is 0. The van der Waals surface area contributed by atoms with Crippen molar-refractivity contribution >= 4 is 17.7 Å². The molecular weight excluding hydrogens is 200 g/mol. The smallest absolute Gasteiger partial charge is 0.319 e. The molecule has 0 spiro atoms. The number of methoxy groups -OCH3 is 1. The van der Waals surface area contributed by atoms with E-state index in [2.05, 4.69) is 0 Å². The molecule has 0 radical (unpaired) electrons. The molecule has 0 heterocycles. The fourth-order valence-corrected chi connectivity index (χ4v) is 2.65. The number of rotatable bonds is 6. The molecule has 1 rings (SSSR count). The number of hydrogen-bond donors (Lipinski definition) is 1. The van der Waals surface area contributed by atoms with Crippen molar-refractivity contribution in [2.75, 3.05) is 19.5 Å². The molecule has 0 aromatic carbocycles. The molecule has 0 aliphatic heterocycles. The van der Waals surface area contributed by atoms with Gasteiger partial charge in [-0.25, -0.2) is 0 Å². The van der Waals surface area contributed by atoms with Crippen LogP contribution in [0.25, 0.3) is 0 Å². The average Bonchev–Trinajstić information content (AvgIpc) is 3.01. The zero-order valence-corrected chi connectivity index (χ0v) is 9.55. The highest BCUT2D eigenvalue weighted by molar-refractivity contribution is 8.00.